The fourth-order valence-corrected chi connectivity index (χ4v) is 1.49. The van der Waals surface area contributed by atoms with Crippen LogP contribution in [-0.4, -0.2) is 32.6 Å². The second kappa shape index (κ2) is 4.91. The smallest absolute Gasteiger partial charge is 0.434 e. The van der Waals surface area contributed by atoms with Gasteiger partial charge in [0, 0.05) is 13.2 Å². The zero-order chi connectivity index (χ0) is 14.9. The first-order valence-corrected chi connectivity index (χ1v) is 5.34. The Morgan fingerprint density at radius 1 is 1.30 bits per heavy atom. The second-order valence-corrected chi connectivity index (χ2v) is 3.84. The number of aryl methyl sites for hydroxylation is 1. The summed E-state index contributed by atoms with van der Waals surface area (Å²) in [5.41, 5.74) is -0.939. The fourth-order valence-electron chi connectivity index (χ4n) is 1.49. The molecule has 0 atom stereocenters. The van der Waals surface area contributed by atoms with Crippen molar-refractivity contribution < 1.29 is 22.7 Å². The second-order valence-electron chi connectivity index (χ2n) is 3.84. The molecule has 2 aromatic rings. The molecule has 0 saturated carbocycles. The van der Waals surface area contributed by atoms with E-state index in [-0.39, 0.29) is 17.2 Å². The summed E-state index contributed by atoms with van der Waals surface area (Å²) in [5.74, 6) is -0.680. The van der Waals surface area contributed by atoms with Crippen LogP contribution in [0.2, 0.25) is 0 Å². The lowest BCUT2D eigenvalue weighted by Crippen LogP contribution is -2.06. The van der Waals surface area contributed by atoms with Crippen molar-refractivity contribution in [2.75, 3.05) is 7.11 Å². The lowest BCUT2D eigenvalue weighted by molar-refractivity contribution is -0.140. The summed E-state index contributed by atoms with van der Waals surface area (Å²) in [6, 6.07) is 0. The van der Waals surface area contributed by atoms with Gasteiger partial charge in [0.25, 0.3) is 0 Å². The van der Waals surface area contributed by atoms with Gasteiger partial charge in [-0.1, -0.05) is 0 Å². The topological polar surface area (TPSA) is 69.9 Å². The number of hydrogen-bond acceptors (Lipinski definition) is 5. The number of esters is 1. The standard InChI is InChI=1S/C11H9F3N4O2/c1-18-5-8(11(12,13)14)17-9(18)6-3-16-7(4-15-6)10(19)20-2/h3-5H,1-2H3. The van der Waals surface area contributed by atoms with Crippen molar-refractivity contribution >= 4 is 5.97 Å². The first kappa shape index (κ1) is 14.0. The van der Waals surface area contributed by atoms with Crippen LogP contribution >= 0.6 is 0 Å². The lowest BCUT2D eigenvalue weighted by Gasteiger charge is -2.01. The maximum Gasteiger partial charge on any atom is 0.434 e. The van der Waals surface area contributed by atoms with E-state index in [1.165, 1.54) is 18.7 Å². The Balaban J connectivity index is 2.37. The number of halogens is 3. The first-order valence-electron chi connectivity index (χ1n) is 5.34. The van der Waals surface area contributed by atoms with E-state index in [2.05, 4.69) is 19.7 Å². The van der Waals surface area contributed by atoms with E-state index in [1.54, 1.807) is 0 Å². The Bertz CT molecular complexity index is 634. The summed E-state index contributed by atoms with van der Waals surface area (Å²) < 4.78 is 43.2. The van der Waals surface area contributed by atoms with Crippen LogP contribution < -0.4 is 0 Å². The summed E-state index contributed by atoms with van der Waals surface area (Å²) in [7, 11) is 2.60. The number of ether oxygens (including phenoxy) is 1. The number of nitrogens with zero attached hydrogens (tertiary/aromatic N) is 4. The van der Waals surface area contributed by atoms with E-state index in [1.807, 2.05) is 0 Å². The number of alkyl halides is 3. The van der Waals surface area contributed by atoms with Gasteiger partial charge >= 0.3 is 12.1 Å². The highest BCUT2D eigenvalue weighted by Gasteiger charge is 2.34. The number of carbonyl (C=O) groups excluding carboxylic acids is 1. The summed E-state index contributed by atoms with van der Waals surface area (Å²) in [5, 5.41) is 0. The van der Waals surface area contributed by atoms with Gasteiger partial charge < -0.3 is 9.30 Å². The highest BCUT2D eigenvalue weighted by Crippen LogP contribution is 2.29. The van der Waals surface area contributed by atoms with Gasteiger partial charge in [-0.2, -0.15) is 13.2 Å². The summed E-state index contributed by atoms with van der Waals surface area (Å²) in [4.78, 5) is 22.3. The van der Waals surface area contributed by atoms with Crippen molar-refractivity contribution in [3.63, 3.8) is 0 Å². The van der Waals surface area contributed by atoms with E-state index in [4.69, 9.17) is 0 Å². The maximum atomic E-state index is 12.5. The van der Waals surface area contributed by atoms with Crippen LogP contribution in [0.3, 0.4) is 0 Å². The molecular formula is C11H9F3N4O2. The highest BCUT2D eigenvalue weighted by molar-refractivity contribution is 5.86. The molecule has 0 fully saturated rings. The molecule has 0 bridgehead atoms. The average molecular weight is 286 g/mol. The SMILES string of the molecule is COC(=O)c1cnc(-c2nc(C(F)(F)F)cn2C)cn1. The minimum absolute atomic E-state index is 0.00115. The summed E-state index contributed by atoms with van der Waals surface area (Å²) in [6.07, 6.45) is -1.40. The molecule has 0 aliphatic carbocycles. The third-order valence-electron chi connectivity index (χ3n) is 2.44. The van der Waals surface area contributed by atoms with E-state index in [0.29, 0.717) is 0 Å². The molecule has 9 heteroatoms. The van der Waals surface area contributed by atoms with Gasteiger partial charge in [-0.3, -0.25) is 0 Å². The molecule has 106 valence electrons. The van der Waals surface area contributed by atoms with Gasteiger partial charge in [-0.05, 0) is 0 Å². The Hall–Kier alpha value is -2.45. The van der Waals surface area contributed by atoms with Crippen molar-refractivity contribution in [1.82, 2.24) is 19.5 Å². The van der Waals surface area contributed by atoms with Gasteiger partial charge in [0.15, 0.2) is 17.2 Å². The predicted molar refractivity (Wildman–Crippen MR) is 60.6 cm³/mol. The predicted octanol–water partition coefficient (Wildman–Crippen LogP) is 1.68. The van der Waals surface area contributed by atoms with Crippen molar-refractivity contribution in [1.29, 1.82) is 0 Å². The number of rotatable bonds is 2. The van der Waals surface area contributed by atoms with Crippen LogP contribution in [-0.2, 0) is 18.0 Å². The number of carbonyl (C=O) groups is 1. The Morgan fingerprint density at radius 2 is 2.00 bits per heavy atom. The Morgan fingerprint density at radius 3 is 2.45 bits per heavy atom. The van der Waals surface area contributed by atoms with Crippen molar-refractivity contribution in [3.8, 4) is 11.5 Å². The van der Waals surface area contributed by atoms with E-state index >= 15 is 0 Å². The van der Waals surface area contributed by atoms with Crippen molar-refractivity contribution in [3.05, 3.63) is 30.0 Å². The molecule has 0 unspecified atom stereocenters. The highest BCUT2D eigenvalue weighted by atomic mass is 19.4. The number of methoxy groups -OCH3 is 1. The normalized spacial score (nSPS) is 11.4. The number of aromatic nitrogens is 4. The summed E-state index contributed by atoms with van der Waals surface area (Å²) >= 11 is 0. The van der Waals surface area contributed by atoms with Crippen LogP contribution in [0.4, 0.5) is 13.2 Å². The quantitative estimate of drug-likeness (QED) is 0.786. The molecule has 2 heterocycles. The van der Waals surface area contributed by atoms with Gasteiger partial charge in [-0.15, -0.1) is 0 Å². The Labute approximate surface area is 111 Å². The molecule has 20 heavy (non-hydrogen) atoms. The van der Waals surface area contributed by atoms with Crippen LogP contribution in [0.1, 0.15) is 16.2 Å². The van der Waals surface area contributed by atoms with Gasteiger partial charge in [0.2, 0.25) is 0 Å². The molecule has 0 N–H and O–H groups in total. The molecule has 0 radical (unpaired) electrons. The average Bonchev–Trinajstić information content (AvgIpc) is 2.80. The molecule has 2 rings (SSSR count). The van der Waals surface area contributed by atoms with Gasteiger partial charge in [0.1, 0.15) is 5.69 Å². The molecule has 2 aromatic heterocycles. The van der Waals surface area contributed by atoms with Crippen molar-refractivity contribution in [2.24, 2.45) is 7.05 Å². The first-order chi connectivity index (χ1) is 9.32. The molecule has 0 aliphatic heterocycles. The van der Waals surface area contributed by atoms with E-state index in [0.717, 1.165) is 18.6 Å². The van der Waals surface area contributed by atoms with E-state index in [9.17, 15) is 18.0 Å². The lowest BCUT2D eigenvalue weighted by atomic mass is 10.4. The van der Waals surface area contributed by atoms with Crippen molar-refractivity contribution in [2.45, 2.75) is 6.18 Å². The molecule has 0 aromatic carbocycles. The van der Waals surface area contributed by atoms with Gasteiger partial charge in [0.05, 0.1) is 19.5 Å². The Kier molecular flexibility index (Phi) is 3.43. The molecular weight excluding hydrogens is 277 g/mol. The third kappa shape index (κ3) is 2.60. The monoisotopic (exact) mass is 286 g/mol. The maximum absolute atomic E-state index is 12.5. The summed E-state index contributed by atoms with van der Waals surface area (Å²) in [6.45, 7) is 0. The largest absolute Gasteiger partial charge is 0.464 e. The molecule has 0 aliphatic rings. The fraction of sp³-hybridized carbons (Fsp3) is 0.273. The molecule has 0 saturated heterocycles. The van der Waals surface area contributed by atoms with Crippen LogP contribution in [0, 0.1) is 0 Å². The molecule has 6 nitrogen and oxygen atoms in total. The molecule has 0 amide bonds. The minimum atomic E-state index is -4.53. The number of hydrogen-bond donors (Lipinski definition) is 0. The zero-order valence-corrected chi connectivity index (χ0v) is 10.5. The van der Waals surface area contributed by atoms with E-state index < -0.39 is 17.8 Å². The van der Waals surface area contributed by atoms with Gasteiger partial charge in [-0.25, -0.2) is 19.7 Å². The van der Waals surface area contributed by atoms with Crippen LogP contribution in [0.5, 0.6) is 0 Å². The van der Waals surface area contributed by atoms with Crippen LogP contribution in [0.15, 0.2) is 18.6 Å². The molecule has 0 spiro atoms. The minimum Gasteiger partial charge on any atom is -0.464 e. The third-order valence-corrected chi connectivity index (χ3v) is 2.44. The number of imidazole rings is 1. The van der Waals surface area contributed by atoms with Crippen LogP contribution in [0.25, 0.3) is 11.5 Å². The zero-order valence-electron chi connectivity index (χ0n) is 10.5.